The number of alkyl halides is 2. The summed E-state index contributed by atoms with van der Waals surface area (Å²) in [5.41, 5.74) is 5.13. The van der Waals surface area contributed by atoms with E-state index in [2.05, 4.69) is 5.32 Å². The number of amides is 1. The van der Waals surface area contributed by atoms with E-state index in [1.54, 1.807) is 0 Å². The maximum Gasteiger partial charge on any atom is 0.249 e. The Hall–Kier alpha value is -0.420. The van der Waals surface area contributed by atoms with Gasteiger partial charge in [-0.05, 0) is 0 Å². The van der Waals surface area contributed by atoms with E-state index >= 15 is 0 Å². The third-order valence-electron chi connectivity index (χ3n) is 1.90. The highest BCUT2D eigenvalue weighted by molar-refractivity contribution is 5.85. The van der Waals surface area contributed by atoms with Crippen LogP contribution in [0.15, 0.2) is 0 Å². The lowest BCUT2D eigenvalue weighted by molar-refractivity contribution is -0.150. The number of nitrogens with one attached hydrogen (secondary N) is 1. The van der Waals surface area contributed by atoms with E-state index in [9.17, 15) is 13.6 Å². The molecule has 0 aromatic heterocycles. The molecule has 0 bridgehead atoms. The molecular weight excluding hydrogens is 202 g/mol. The molecule has 6 heteroatoms. The quantitative estimate of drug-likeness (QED) is 0.720. The molecule has 1 aliphatic rings. The summed E-state index contributed by atoms with van der Waals surface area (Å²) >= 11 is 0. The smallest absolute Gasteiger partial charge is 0.249 e. The van der Waals surface area contributed by atoms with Gasteiger partial charge in [-0.3, -0.25) is 4.79 Å². The largest absolute Gasteiger partial charge is 0.355 e. The summed E-state index contributed by atoms with van der Waals surface area (Å²) in [6.45, 7) is 0.704. The fourth-order valence-corrected chi connectivity index (χ4v) is 1.19. The van der Waals surface area contributed by atoms with Gasteiger partial charge < -0.3 is 11.1 Å². The summed E-state index contributed by atoms with van der Waals surface area (Å²) in [6, 6.07) is 0. The Kier molecular flexibility index (Phi) is 4.56. The average Bonchev–Trinajstić information content (AvgIpc) is 1.95. The Morgan fingerprint density at radius 1 is 1.54 bits per heavy atom. The Morgan fingerprint density at radius 3 is 2.46 bits per heavy atom. The standard InChI is InChI=1S/C7H12F2N2O.ClH/c8-7(9)3-5(4-7)6(12)11-2-1-10;/h5H,1-4,10H2,(H,11,12);1H. The van der Waals surface area contributed by atoms with Crippen LogP contribution in [-0.4, -0.2) is 24.9 Å². The van der Waals surface area contributed by atoms with E-state index in [-0.39, 0.29) is 31.2 Å². The minimum Gasteiger partial charge on any atom is -0.355 e. The Labute approximate surface area is 81.5 Å². The minimum atomic E-state index is -2.62. The second-order valence-corrected chi connectivity index (χ2v) is 3.04. The van der Waals surface area contributed by atoms with Gasteiger partial charge in [0.05, 0.1) is 0 Å². The summed E-state index contributed by atoms with van der Waals surface area (Å²) in [7, 11) is 0. The molecule has 13 heavy (non-hydrogen) atoms. The van der Waals surface area contributed by atoms with Gasteiger partial charge in [0, 0.05) is 31.8 Å². The van der Waals surface area contributed by atoms with Crippen LogP contribution >= 0.6 is 12.4 Å². The number of hydrogen-bond donors (Lipinski definition) is 2. The zero-order valence-corrected chi connectivity index (χ0v) is 7.87. The van der Waals surface area contributed by atoms with E-state index in [1.165, 1.54) is 0 Å². The van der Waals surface area contributed by atoms with Crippen LogP contribution in [0, 0.1) is 5.92 Å². The van der Waals surface area contributed by atoms with Crippen LogP contribution in [0.5, 0.6) is 0 Å². The lowest BCUT2D eigenvalue weighted by Gasteiger charge is -2.33. The highest BCUT2D eigenvalue weighted by Gasteiger charge is 2.48. The van der Waals surface area contributed by atoms with E-state index in [1.807, 2.05) is 0 Å². The summed E-state index contributed by atoms with van der Waals surface area (Å²) in [5.74, 6) is -3.43. The maximum atomic E-state index is 12.3. The summed E-state index contributed by atoms with van der Waals surface area (Å²) in [5, 5.41) is 2.47. The minimum absolute atomic E-state index is 0. The van der Waals surface area contributed by atoms with E-state index in [0.29, 0.717) is 13.1 Å². The van der Waals surface area contributed by atoms with Gasteiger partial charge in [0.15, 0.2) is 0 Å². The van der Waals surface area contributed by atoms with Crippen molar-refractivity contribution < 1.29 is 13.6 Å². The topological polar surface area (TPSA) is 55.1 Å². The number of halogens is 3. The fraction of sp³-hybridized carbons (Fsp3) is 0.857. The molecule has 1 amide bonds. The van der Waals surface area contributed by atoms with Crippen LogP contribution in [0.25, 0.3) is 0 Å². The normalized spacial score (nSPS) is 19.9. The Morgan fingerprint density at radius 2 is 2.08 bits per heavy atom. The molecule has 0 aromatic carbocycles. The molecular formula is C7H13ClF2N2O. The predicted molar refractivity (Wildman–Crippen MR) is 47.0 cm³/mol. The van der Waals surface area contributed by atoms with Crippen LogP contribution in [0.1, 0.15) is 12.8 Å². The molecule has 78 valence electrons. The molecule has 0 saturated heterocycles. The van der Waals surface area contributed by atoms with E-state index < -0.39 is 11.8 Å². The van der Waals surface area contributed by atoms with Crippen molar-refractivity contribution >= 4 is 18.3 Å². The van der Waals surface area contributed by atoms with Crippen LogP contribution < -0.4 is 11.1 Å². The molecule has 0 spiro atoms. The van der Waals surface area contributed by atoms with Crippen molar-refractivity contribution in [2.45, 2.75) is 18.8 Å². The third-order valence-corrected chi connectivity index (χ3v) is 1.90. The lowest BCUT2D eigenvalue weighted by Crippen LogP contribution is -2.45. The van der Waals surface area contributed by atoms with Crippen molar-refractivity contribution in [3.63, 3.8) is 0 Å². The molecule has 1 fully saturated rings. The van der Waals surface area contributed by atoms with Gasteiger partial charge in [-0.2, -0.15) is 0 Å². The summed E-state index contributed by atoms with van der Waals surface area (Å²) < 4.78 is 24.5. The van der Waals surface area contributed by atoms with Crippen LogP contribution in [0.2, 0.25) is 0 Å². The number of rotatable bonds is 3. The van der Waals surface area contributed by atoms with Crippen molar-refractivity contribution in [1.82, 2.24) is 5.32 Å². The first kappa shape index (κ1) is 12.6. The highest BCUT2D eigenvalue weighted by Crippen LogP contribution is 2.42. The van der Waals surface area contributed by atoms with Crippen LogP contribution in [0.3, 0.4) is 0 Å². The SMILES string of the molecule is Cl.NCCNC(=O)C1CC(F)(F)C1. The molecule has 1 saturated carbocycles. The number of carbonyl (C=O) groups excluding carboxylic acids is 1. The Bertz CT molecular complexity index is 181. The average molecular weight is 215 g/mol. The molecule has 0 unspecified atom stereocenters. The maximum absolute atomic E-state index is 12.3. The number of hydrogen-bond acceptors (Lipinski definition) is 2. The third kappa shape index (κ3) is 3.44. The second kappa shape index (κ2) is 4.72. The molecule has 1 aliphatic carbocycles. The zero-order chi connectivity index (χ0) is 9.19. The Balaban J connectivity index is 0.00000144. The van der Waals surface area contributed by atoms with Crippen molar-refractivity contribution in [1.29, 1.82) is 0 Å². The van der Waals surface area contributed by atoms with Gasteiger partial charge in [0.1, 0.15) is 0 Å². The first-order valence-corrected chi connectivity index (χ1v) is 3.91. The van der Waals surface area contributed by atoms with Crippen molar-refractivity contribution in [2.75, 3.05) is 13.1 Å². The summed E-state index contributed by atoms with van der Waals surface area (Å²) in [6.07, 6.45) is -0.632. The first-order chi connectivity index (χ1) is 5.55. The molecule has 0 heterocycles. The molecule has 0 aromatic rings. The van der Waals surface area contributed by atoms with Gasteiger partial charge in [-0.25, -0.2) is 8.78 Å². The fourth-order valence-electron chi connectivity index (χ4n) is 1.19. The molecule has 1 rings (SSSR count). The predicted octanol–water partition coefficient (Wildman–Crippen LogP) is 0.528. The highest BCUT2D eigenvalue weighted by atomic mass is 35.5. The van der Waals surface area contributed by atoms with Gasteiger partial charge in [0.2, 0.25) is 11.8 Å². The molecule has 0 aliphatic heterocycles. The van der Waals surface area contributed by atoms with Gasteiger partial charge in [-0.1, -0.05) is 0 Å². The van der Waals surface area contributed by atoms with E-state index in [4.69, 9.17) is 5.73 Å². The molecule has 3 nitrogen and oxygen atoms in total. The number of nitrogens with two attached hydrogens (primary N) is 1. The van der Waals surface area contributed by atoms with Gasteiger partial charge in [0.25, 0.3) is 0 Å². The second-order valence-electron chi connectivity index (χ2n) is 3.04. The van der Waals surface area contributed by atoms with Crippen LogP contribution in [-0.2, 0) is 4.79 Å². The first-order valence-electron chi connectivity index (χ1n) is 3.91. The van der Waals surface area contributed by atoms with Gasteiger partial charge in [-0.15, -0.1) is 12.4 Å². The van der Waals surface area contributed by atoms with Crippen LogP contribution in [0.4, 0.5) is 8.78 Å². The monoisotopic (exact) mass is 214 g/mol. The molecule has 3 N–H and O–H groups in total. The number of carbonyl (C=O) groups is 1. The van der Waals surface area contributed by atoms with Crippen molar-refractivity contribution in [3.05, 3.63) is 0 Å². The van der Waals surface area contributed by atoms with Crippen molar-refractivity contribution in [3.8, 4) is 0 Å². The zero-order valence-electron chi connectivity index (χ0n) is 7.06. The van der Waals surface area contributed by atoms with Crippen molar-refractivity contribution in [2.24, 2.45) is 11.7 Å². The molecule has 0 atom stereocenters. The summed E-state index contributed by atoms with van der Waals surface area (Å²) in [4.78, 5) is 11.0. The van der Waals surface area contributed by atoms with Gasteiger partial charge >= 0.3 is 0 Å². The molecule has 0 radical (unpaired) electrons. The van der Waals surface area contributed by atoms with E-state index in [0.717, 1.165) is 0 Å². The lowest BCUT2D eigenvalue weighted by atomic mass is 9.81.